The summed E-state index contributed by atoms with van der Waals surface area (Å²) in [5, 5.41) is 5.48. The first kappa shape index (κ1) is 17.4. The quantitative estimate of drug-likeness (QED) is 0.744. The number of nitrogens with one attached hydrogen (secondary N) is 2. The van der Waals surface area contributed by atoms with Crippen molar-refractivity contribution >= 4 is 17.5 Å². The zero-order valence-corrected chi connectivity index (χ0v) is 14.4. The van der Waals surface area contributed by atoms with Crippen LogP contribution in [0.1, 0.15) is 15.9 Å². The van der Waals surface area contributed by atoms with E-state index >= 15 is 0 Å². The first-order chi connectivity index (χ1) is 12.6. The van der Waals surface area contributed by atoms with E-state index in [4.69, 9.17) is 0 Å². The minimum Gasteiger partial charge on any atom is -0.343 e. The van der Waals surface area contributed by atoms with Gasteiger partial charge in [-0.2, -0.15) is 0 Å². The van der Waals surface area contributed by atoms with Gasteiger partial charge in [0.25, 0.3) is 5.91 Å². The lowest BCUT2D eigenvalue weighted by atomic mass is 10.0. The number of amides is 2. The molecule has 5 heteroatoms. The van der Waals surface area contributed by atoms with Crippen molar-refractivity contribution in [2.75, 3.05) is 11.9 Å². The Morgan fingerprint density at radius 1 is 0.962 bits per heavy atom. The van der Waals surface area contributed by atoms with E-state index in [1.807, 2.05) is 43.3 Å². The molecule has 5 nitrogen and oxygen atoms in total. The molecule has 0 bridgehead atoms. The van der Waals surface area contributed by atoms with Gasteiger partial charge in [-0.25, -0.2) is 0 Å². The van der Waals surface area contributed by atoms with Gasteiger partial charge in [0.1, 0.15) is 0 Å². The smallest absolute Gasteiger partial charge is 0.251 e. The molecule has 3 rings (SSSR count). The van der Waals surface area contributed by atoms with E-state index in [0.717, 1.165) is 16.7 Å². The molecule has 0 aliphatic rings. The minimum atomic E-state index is -0.277. The molecule has 0 unspecified atom stereocenters. The van der Waals surface area contributed by atoms with Crippen molar-refractivity contribution in [2.24, 2.45) is 0 Å². The van der Waals surface area contributed by atoms with Gasteiger partial charge in [-0.1, -0.05) is 36.4 Å². The molecular weight excluding hydrogens is 326 g/mol. The number of pyridine rings is 1. The summed E-state index contributed by atoms with van der Waals surface area (Å²) in [6.45, 7) is 1.83. The number of carbonyl (C=O) groups excluding carboxylic acids is 2. The number of benzene rings is 2. The van der Waals surface area contributed by atoms with Gasteiger partial charge in [0, 0.05) is 29.2 Å². The molecule has 130 valence electrons. The number of nitrogens with zero attached hydrogens (tertiary/aromatic N) is 1. The number of hydrogen-bond donors (Lipinski definition) is 2. The zero-order valence-electron chi connectivity index (χ0n) is 14.4. The van der Waals surface area contributed by atoms with Crippen LogP contribution < -0.4 is 10.6 Å². The fraction of sp³-hybridized carbons (Fsp3) is 0.0952. The third kappa shape index (κ3) is 4.33. The van der Waals surface area contributed by atoms with Gasteiger partial charge in [-0.05, 0) is 42.3 Å². The third-order valence-corrected chi connectivity index (χ3v) is 3.95. The van der Waals surface area contributed by atoms with Crippen LogP contribution in [-0.4, -0.2) is 23.3 Å². The monoisotopic (exact) mass is 345 g/mol. The van der Waals surface area contributed by atoms with Crippen molar-refractivity contribution in [1.82, 2.24) is 10.3 Å². The van der Waals surface area contributed by atoms with Crippen LogP contribution in [-0.2, 0) is 4.79 Å². The predicted molar refractivity (Wildman–Crippen MR) is 102 cm³/mol. The second kappa shape index (κ2) is 8.07. The molecule has 0 saturated carbocycles. The molecule has 2 aromatic carbocycles. The summed E-state index contributed by atoms with van der Waals surface area (Å²) in [5.41, 5.74) is 4.12. The van der Waals surface area contributed by atoms with E-state index in [1.54, 1.807) is 36.7 Å². The molecule has 3 aromatic rings. The van der Waals surface area contributed by atoms with Crippen molar-refractivity contribution in [3.63, 3.8) is 0 Å². The van der Waals surface area contributed by atoms with Crippen LogP contribution in [0.2, 0.25) is 0 Å². The Hall–Kier alpha value is -3.47. The molecule has 26 heavy (non-hydrogen) atoms. The van der Waals surface area contributed by atoms with Crippen molar-refractivity contribution in [3.05, 3.63) is 84.2 Å². The number of rotatable bonds is 5. The van der Waals surface area contributed by atoms with Crippen molar-refractivity contribution in [1.29, 1.82) is 0 Å². The average molecular weight is 345 g/mol. The van der Waals surface area contributed by atoms with E-state index < -0.39 is 0 Å². The van der Waals surface area contributed by atoms with Crippen molar-refractivity contribution in [3.8, 4) is 11.1 Å². The molecule has 0 fully saturated rings. The SMILES string of the molecule is Cc1ccc(-c2cccnc2)cc1NC(=O)CNC(=O)c1ccccc1. The van der Waals surface area contributed by atoms with Gasteiger partial charge in [0.05, 0.1) is 6.54 Å². The summed E-state index contributed by atoms with van der Waals surface area (Å²) in [5.74, 6) is -0.553. The number of aromatic nitrogens is 1. The van der Waals surface area contributed by atoms with E-state index in [1.165, 1.54) is 0 Å². The van der Waals surface area contributed by atoms with Crippen molar-refractivity contribution in [2.45, 2.75) is 6.92 Å². The maximum atomic E-state index is 12.2. The molecule has 0 spiro atoms. The molecule has 0 aliphatic carbocycles. The molecule has 0 saturated heterocycles. The highest BCUT2D eigenvalue weighted by atomic mass is 16.2. The van der Waals surface area contributed by atoms with Gasteiger partial charge in [-0.3, -0.25) is 14.6 Å². The van der Waals surface area contributed by atoms with Crippen LogP contribution in [0.15, 0.2) is 73.1 Å². The molecular formula is C21H19N3O2. The molecule has 0 atom stereocenters. The van der Waals surface area contributed by atoms with E-state index in [0.29, 0.717) is 11.3 Å². The Morgan fingerprint density at radius 3 is 2.50 bits per heavy atom. The highest BCUT2D eigenvalue weighted by Crippen LogP contribution is 2.24. The molecule has 1 aromatic heterocycles. The maximum absolute atomic E-state index is 12.2. The van der Waals surface area contributed by atoms with Crippen molar-refractivity contribution < 1.29 is 9.59 Å². The molecule has 2 N–H and O–H groups in total. The number of carbonyl (C=O) groups is 2. The Labute approximate surface area is 152 Å². The van der Waals surface area contributed by atoms with Crippen LogP contribution in [0.3, 0.4) is 0 Å². The average Bonchev–Trinajstić information content (AvgIpc) is 2.69. The summed E-state index contributed by atoms with van der Waals surface area (Å²) >= 11 is 0. The van der Waals surface area contributed by atoms with Crippen LogP contribution in [0.5, 0.6) is 0 Å². The largest absolute Gasteiger partial charge is 0.343 e. The Morgan fingerprint density at radius 2 is 1.77 bits per heavy atom. The number of anilines is 1. The van der Waals surface area contributed by atoms with Gasteiger partial charge in [0.15, 0.2) is 0 Å². The zero-order chi connectivity index (χ0) is 18.4. The topological polar surface area (TPSA) is 71.1 Å². The van der Waals surface area contributed by atoms with Gasteiger partial charge < -0.3 is 10.6 Å². The summed E-state index contributed by atoms with van der Waals surface area (Å²) in [7, 11) is 0. The molecule has 1 heterocycles. The first-order valence-corrected chi connectivity index (χ1v) is 8.27. The van der Waals surface area contributed by atoms with Crippen LogP contribution in [0, 0.1) is 6.92 Å². The molecule has 0 aliphatic heterocycles. The normalized spacial score (nSPS) is 10.2. The molecule has 0 radical (unpaired) electrons. The lowest BCUT2D eigenvalue weighted by molar-refractivity contribution is -0.115. The number of hydrogen-bond acceptors (Lipinski definition) is 3. The fourth-order valence-electron chi connectivity index (χ4n) is 2.52. The fourth-order valence-corrected chi connectivity index (χ4v) is 2.52. The summed E-state index contributed by atoms with van der Waals surface area (Å²) in [6, 6.07) is 18.5. The Balaban J connectivity index is 1.65. The second-order valence-corrected chi connectivity index (χ2v) is 5.87. The predicted octanol–water partition coefficient (Wildman–Crippen LogP) is 3.43. The highest BCUT2D eigenvalue weighted by Gasteiger charge is 2.10. The van der Waals surface area contributed by atoms with E-state index in [-0.39, 0.29) is 18.4 Å². The summed E-state index contributed by atoms with van der Waals surface area (Å²) in [4.78, 5) is 28.3. The lowest BCUT2D eigenvalue weighted by Crippen LogP contribution is -2.32. The standard InChI is InChI=1S/C21H19N3O2/c1-15-9-10-17(18-8-5-11-22-13-18)12-19(15)24-20(25)14-23-21(26)16-6-3-2-4-7-16/h2-13H,14H2,1H3,(H,23,26)(H,24,25). The van der Waals surface area contributed by atoms with Gasteiger partial charge in [0.2, 0.25) is 5.91 Å². The Bertz CT molecular complexity index is 909. The maximum Gasteiger partial charge on any atom is 0.251 e. The van der Waals surface area contributed by atoms with Gasteiger partial charge in [-0.15, -0.1) is 0 Å². The summed E-state index contributed by atoms with van der Waals surface area (Å²) in [6.07, 6.45) is 3.49. The Kier molecular flexibility index (Phi) is 5.39. The van der Waals surface area contributed by atoms with E-state index in [2.05, 4.69) is 15.6 Å². The number of aryl methyl sites for hydroxylation is 1. The van der Waals surface area contributed by atoms with E-state index in [9.17, 15) is 9.59 Å². The minimum absolute atomic E-state index is 0.0930. The van der Waals surface area contributed by atoms with Gasteiger partial charge >= 0.3 is 0 Å². The third-order valence-electron chi connectivity index (χ3n) is 3.95. The summed E-state index contributed by atoms with van der Waals surface area (Å²) < 4.78 is 0. The molecule has 2 amide bonds. The first-order valence-electron chi connectivity index (χ1n) is 8.27. The lowest BCUT2D eigenvalue weighted by Gasteiger charge is -2.11. The second-order valence-electron chi connectivity index (χ2n) is 5.87. The van der Waals surface area contributed by atoms with Crippen LogP contribution >= 0.6 is 0 Å². The van der Waals surface area contributed by atoms with Crippen LogP contribution in [0.25, 0.3) is 11.1 Å². The van der Waals surface area contributed by atoms with Crippen LogP contribution in [0.4, 0.5) is 5.69 Å². The highest BCUT2D eigenvalue weighted by molar-refractivity contribution is 5.99.